The van der Waals surface area contributed by atoms with E-state index in [1.165, 1.54) is 0 Å². The van der Waals surface area contributed by atoms with E-state index in [0.717, 1.165) is 13.0 Å². The predicted octanol–water partition coefficient (Wildman–Crippen LogP) is 2.98. The minimum atomic E-state index is -0.0999. The highest BCUT2D eigenvalue weighted by atomic mass is 16.5. The zero-order chi connectivity index (χ0) is 25.2. The van der Waals surface area contributed by atoms with E-state index in [0.29, 0.717) is 48.9 Å². The first kappa shape index (κ1) is 26.5. The Kier molecular flexibility index (Phi) is 9.93. The minimum absolute atomic E-state index is 0.0123. The van der Waals surface area contributed by atoms with Crippen LogP contribution in [0.1, 0.15) is 41.0 Å². The van der Waals surface area contributed by atoms with Gasteiger partial charge < -0.3 is 29.7 Å². The molecule has 1 aliphatic rings. The number of nitrogens with one attached hydrogen (secondary N) is 2. The van der Waals surface area contributed by atoms with E-state index in [4.69, 9.17) is 14.2 Å². The lowest BCUT2D eigenvalue weighted by atomic mass is 10.0. The predicted molar refractivity (Wildman–Crippen MR) is 135 cm³/mol. The molecule has 0 radical (unpaired) electrons. The minimum Gasteiger partial charge on any atom is -0.493 e. The molecule has 190 valence electrons. The van der Waals surface area contributed by atoms with E-state index in [-0.39, 0.29) is 29.8 Å². The summed E-state index contributed by atoms with van der Waals surface area (Å²) in [5, 5.41) is 6.50. The second kappa shape index (κ2) is 13.1. The largest absolute Gasteiger partial charge is 0.493 e. The van der Waals surface area contributed by atoms with Crippen LogP contribution < -0.4 is 20.1 Å². The number of carbonyl (C=O) groups excluding carboxylic acids is 2. The Morgan fingerprint density at radius 3 is 2.49 bits per heavy atom. The van der Waals surface area contributed by atoms with E-state index in [9.17, 15) is 9.59 Å². The summed E-state index contributed by atoms with van der Waals surface area (Å²) < 4.78 is 16.3. The Morgan fingerprint density at radius 2 is 1.80 bits per heavy atom. The number of rotatable bonds is 12. The number of amides is 2. The molecule has 2 N–H and O–H groups in total. The molecule has 2 atom stereocenters. The Balaban J connectivity index is 1.70. The number of hydrogen-bond acceptors (Lipinski definition) is 6. The average Bonchev–Trinajstić information content (AvgIpc) is 3.31. The molecule has 0 saturated carbocycles. The van der Waals surface area contributed by atoms with Crippen LogP contribution in [-0.2, 0) is 4.74 Å². The van der Waals surface area contributed by atoms with Gasteiger partial charge in [-0.2, -0.15) is 0 Å². The third-order valence-electron chi connectivity index (χ3n) is 6.17. The van der Waals surface area contributed by atoms with E-state index in [1.807, 2.05) is 36.9 Å². The highest BCUT2D eigenvalue weighted by Gasteiger charge is 2.32. The molecule has 1 fully saturated rings. The molecule has 0 bridgehead atoms. The van der Waals surface area contributed by atoms with Crippen LogP contribution in [0, 0.1) is 5.92 Å². The van der Waals surface area contributed by atoms with Gasteiger partial charge in [0.2, 0.25) is 0 Å². The van der Waals surface area contributed by atoms with Gasteiger partial charge in [0, 0.05) is 68.9 Å². The molecule has 3 rings (SSSR count). The summed E-state index contributed by atoms with van der Waals surface area (Å²) in [6, 6.07) is 14.4. The van der Waals surface area contributed by atoms with Crippen LogP contribution in [0.3, 0.4) is 0 Å². The van der Waals surface area contributed by atoms with Crippen molar-refractivity contribution in [1.29, 1.82) is 0 Å². The highest BCUT2D eigenvalue weighted by Crippen LogP contribution is 2.29. The number of ether oxygens (including phenoxy) is 3. The Hall–Kier alpha value is -3.10. The number of benzene rings is 2. The molecule has 2 aromatic rings. The number of nitrogens with zero attached hydrogens (tertiary/aromatic N) is 1. The second-order valence-corrected chi connectivity index (χ2v) is 8.98. The van der Waals surface area contributed by atoms with Gasteiger partial charge in [-0.15, -0.1) is 0 Å². The first-order valence-electron chi connectivity index (χ1n) is 12.1. The lowest BCUT2D eigenvalue weighted by Gasteiger charge is -2.32. The Morgan fingerprint density at radius 1 is 1.03 bits per heavy atom. The topological polar surface area (TPSA) is 89.1 Å². The van der Waals surface area contributed by atoms with Crippen LogP contribution in [0.5, 0.6) is 11.5 Å². The van der Waals surface area contributed by atoms with Crippen LogP contribution in [0.2, 0.25) is 0 Å². The fraction of sp³-hybridized carbons (Fsp3) is 0.481. The first-order chi connectivity index (χ1) is 16.9. The van der Waals surface area contributed by atoms with Crippen LogP contribution in [-0.4, -0.2) is 75.9 Å². The lowest BCUT2D eigenvalue weighted by molar-refractivity contribution is 0.0666. The van der Waals surface area contributed by atoms with Crippen LogP contribution in [0.15, 0.2) is 48.5 Å². The number of methoxy groups -OCH3 is 2. The van der Waals surface area contributed by atoms with E-state index < -0.39 is 0 Å². The monoisotopic (exact) mass is 483 g/mol. The summed E-state index contributed by atoms with van der Waals surface area (Å²) in [6.07, 6.45) is 0.737. The van der Waals surface area contributed by atoms with Crippen LogP contribution >= 0.6 is 0 Å². The SMILES string of the molecule is COCCCOc1cc(C(=O)N(C[C@@H]2CNC[C@H]2NC(=O)c2ccccc2)C(C)C)ccc1OC. The van der Waals surface area contributed by atoms with Gasteiger partial charge in [0.05, 0.1) is 13.7 Å². The zero-order valence-corrected chi connectivity index (χ0v) is 21.1. The quantitative estimate of drug-likeness (QED) is 0.451. The van der Waals surface area contributed by atoms with Crippen molar-refractivity contribution in [2.24, 2.45) is 5.92 Å². The fourth-order valence-corrected chi connectivity index (χ4v) is 4.19. The summed E-state index contributed by atoms with van der Waals surface area (Å²) >= 11 is 0. The van der Waals surface area contributed by atoms with E-state index in [2.05, 4.69) is 10.6 Å². The summed E-state index contributed by atoms with van der Waals surface area (Å²) in [5.41, 5.74) is 1.17. The first-order valence-corrected chi connectivity index (χ1v) is 12.1. The molecule has 1 heterocycles. The molecular formula is C27H37N3O5. The maximum atomic E-state index is 13.6. The summed E-state index contributed by atoms with van der Waals surface area (Å²) in [6.45, 7) is 7.00. The molecule has 0 aromatic heterocycles. The number of hydrogen-bond donors (Lipinski definition) is 2. The van der Waals surface area contributed by atoms with Crippen LogP contribution in [0.4, 0.5) is 0 Å². The van der Waals surface area contributed by atoms with Gasteiger partial charge in [-0.3, -0.25) is 9.59 Å². The molecule has 2 amide bonds. The third kappa shape index (κ3) is 7.19. The van der Waals surface area contributed by atoms with E-state index in [1.54, 1.807) is 44.6 Å². The van der Waals surface area contributed by atoms with Crippen molar-refractivity contribution < 1.29 is 23.8 Å². The van der Waals surface area contributed by atoms with Crippen molar-refractivity contribution in [2.45, 2.75) is 32.4 Å². The standard InChI is InChI=1S/C27H37N3O5/c1-19(2)30(18-22-16-28-17-23(22)29-26(31)20-9-6-5-7-10-20)27(32)21-11-12-24(34-4)25(15-21)35-14-8-13-33-3/h5-7,9-12,15,19,22-23,28H,8,13-14,16-18H2,1-4H3,(H,29,31)/t22-,23+/m0/s1. The zero-order valence-electron chi connectivity index (χ0n) is 21.1. The fourth-order valence-electron chi connectivity index (χ4n) is 4.19. The molecule has 0 unspecified atom stereocenters. The van der Waals surface area contributed by atoms with Crippen molar-refractivity contribution in [3.63, 3.8) is 0 Å². The molecule has 8 heteroatoms. The maximum Gasteiger partial charge on any atom is 0.254 e. The van der Waals surface area contributed by atoms with Crippen molar-refractivity contribution >= 4 is 11.8 Å². The molecule has 8 nitrogen and oxygen atoms in total. The lowest BCUT2D eigenvalue weighted by Crippen LogP contribution is -2.47. The molecule has 2 aromatic carbocycles. The van der Waals surface area contributed by atoms with Gasteiger partial charge in [-0.1, -0.05) is 18.2 Å². The molecule has 1 saturated heterocycles. The molecular weight excluding hydrogens is 446 g/mol. The Labute approximate surface area is 207 Å². The van der Waals surface area contributed by atoms with Gasteiger partial charge in [0.1, 0.15) is 0 Å². The molecule has 0 aliphatic carbocycles. The van der Waals surface area contributed by atoms with Gasteiger partial charge in [-0.05, 0) is 44.2 Å². The third-order valence-corrected chi connectivity index (χ3v) is 6.17. The van der Waals surface area contributed by atoms with Crippen LogP contribution in [0.25, 0.3) is 0 Å². The second-order valence-electron chi connectivity index (χ2n) is 8.98. The smallest absolute Gasteiger partial charge is 0.254 e. The molecule has 35 heavy (non-hydrogen) atoms. The molecule has 1 aliphatic heterocycles. The average molecular weight is 484 g/mol. The summed E-state index contributed by atoms with van der Waals surface area (Å²) in [7, 11) is 3.23. The Bertz CT molecular complexity index is 967. The van der Waals surface area contributed by atoms with Crippen molar-refractivity contribution in [3.05, 3.63) is 59.7 Å². The normalized spacial score (nSPS) is 17.3. The van der Waals surface area contributed by atoms with Gasteiger partial charge in [0.25, 0.3) is 11.8 Å². The highest BCUT2D eigenvalue weighted by molar-refractivity contribution is 5.95. The van der Waals surface area contributed by atoms with Gasteiger partial charge in [0.15, 0.2) is 11.5 Å². The summed E-state index contributed by atoms with van der Waals surface area (Å²) in [4.78, 5) is 28.1. The maximum absolute atomic E-state index is 13.6. The van der Waals surface area contributed by atoms with Gasteiger partial charge in [-0.25, -0.2) is 0 Å². The van der Waals surface area contributed by atoms with Crippen molar-refractivity contribution in [1.82, 2.24) is 15.5 Å². The summed E-state index contributed by atoms with van der Waals surface area (Å²) in [5.74, 6) is 1.03. The molecule has 0 spiro atoms. The van der Waals surface area contributed by atoms with Gasteiger partial charge >= 0.3 is 0 Å². The van der Waals surface area contributed by atoms with E-state index >= 15 is 0 Å². The number of carbonyl (C=O) groups is 2. The van der Waals surface area contributed by atoms with Crippen molar-refractivity contribution in [3.8, 4) is 11.5 Å². The van der Waals surface area contributed by atoms with Crippen molar-refractivity contribution in [2.75, 3.05) is 47.1 Å².